The number of nitrogens with one attached hydrogen (secondary N) is 1. The van der Waals surface area contributed by atoms with E-state index in [0.29, 0.717) is 39.4 Å². The van der Waals surface area contributed by atoms with E-state index in [2.05, 4.69) is 15.3 Å². The van der Waals surface area contributed by atoms with Crippen LogP contribution in [-0.4, -0.2) is 47.3 Å². The van der Waals surface area contributed by atoms with Crippen LogP contribution in [-0.2, 0) is 22.4 Å². The van der Waals surface area contributed by atoms with Crippen LogP contribution in [0.5, 0.6) is 0 Å². The normalized spacial score (nSPS) is 10.9. The summed E-state index contributed by atoms with van der Waals surface area (Å²) in [5.41, 5.74) is 3.13. The van der Waals surface area contributed by atoms with Gasteiger partial charge in [-0.05, 0) is 47.7 Å². The van der Waals surface area contributed by atoms with Gasteiger partial charge in [0.15, 0.2) is 0 Å². The number of aliphatic carboxylic acids is 1. The number of nitrogens with zero attached hydrogens (tertiary/aromatic N) is 3. The standard InChI is InChI=1S/C25H25ClN4O3S/c1-30(2)24-20(15-23(32)33)25(34-3)29-21(28-24)14-17-6-11-19(12-7-17)27-22(31)13-8-16-4-9-18(26)10-5-16/h4-13H,14-15H2,1-3H3,(H,27,31)(H,32,33)/b13-8+. The summed E-state index contributed by atoms with van der Waals surface area (Å²) in [6.45, 7) is 0. The first kappa shape index (κ1) is 25.3. The highest BCUT2D eigenvalue weighted by Crippen LogP contribution is 2.27. The molecule has 2 aromatic carbocycles. The first-order valence-electron chi connectivity index (χ1n) is 10.4. The smallest absolute Gasteiger partial charge is 0.308 e. The van der Waals surface area contributed by atoms with Crippen LogP contribution in [0.1, 0.15) is 22.5 Å². The van der Waals surface area contributed by atoms with E-state index >= 15 is 0 Å². The van der Waals surface area contributed by atoms with Crippen molar-refractivity contribution < 1.29 is 14.7 Å². The van der Waals surface area contributed by atoms with Crippen molar-refractivity contribution >= 4 is 52.8 Å². The lowest BCUT2D eigenvalue weighted by molar-refractivity contribution is -0.136. The minimum Gasteiger partial charge on any atom is -0.481 e. The SMILES string of the molecule is CSc1nc(Cc2ccc(NC(=O)/C=C/c3ccc(Cl)cc3)cc2)nc(N(C)C)c1CC(=O)O. The van der Waals surface area contributed by atoms with Crippen molar-refractivity contribution in [2.45, 2.75) is 17.9 Å². The summed E-state index contributed by atoms with van der Waals surface area (Å²) in [6.07, 6.45) is 5.40. The number of halogens is 1. The molecule has 176 valence electrons. The topological polar surface area (TPSA) is 95.4 Å². The zero-order valence-corrected chi connectivity index (χ0v) is 20.7. The highest BCUT2D eigenvalue weighted by atomic mass is 35.5. The molecular formula is C25H25ClN4O3S. The third-order valence-electron chi connectivity index (χ3n) is 4.82. The molecule has 0 atom stereocenters. The van der Waals surface area contributed by atoms with Crippen LogP contribution in [0.25, 0.3) is 6.08 Å². The lowest BCUT2D eigenvalue weighted by Gasteiger charge is -2.18. The fraction of sp³-hybridized carbons (Fsp3) is 0.200. The molecule has 3 aromatic rings. The van der Waals surface area contributed by atoms with Gasteiger partial charge in [-0.1, -0.05) is 35.9 Å². The molecule has 34 heavy (non-hydrogen) atoms. The van der Waals surface area contributed by atoms with Crippen molar-refractivity contribution in [3.05, 3.63) is 82.1 Å². The van der Waals surface area contributed by atoms with Crippen LogP contribution in [0.2, 0.25) is 5.02 Å². The molecule has 3 rings (SSSR count). The Morgan fingerprint density at radius 2 is 1.76 bits per heavy atom. The Labute approximate surface area is 207 Å². The fourth-order valence-electron chi connectivity index (χ4n) is 3.24. The number of carboxylic acid groups (broad SMARTS) is 1. The third kappa shape index (κ3) is 7.07. The summed E-state index contributed by atoms with van der Waals surface area (Å²) in [4.78, 5) is 34.5. The number of carbonyl (C=O) groups is 2. The number of carboxylic acids is 1. The van der Waals surface area contributed by atoms with E-state index in [9.17, 15) is 14.7 Å². The first-order valence-corrected chi connectivity index (χ1v) is 12.0. The molecule has 0 aliphatic rings. The fourth-order valence-corrected chi connectivity index (χ4v) is 3.97. The van der Waals surface area contributed by atoms with Crippen LogP contribution in [0.15, 0.2) is 59.6 Å². The van der Waals surface area contributed by atoms with Gasteiger partial charge in [0.05, 0.1) is 6.42 Å². The van der Waals surface area contributed by atoms with Crippen molar-refractivity contribution in [3.63, 3.8) is 0 Å². The first-order chi connectivity index (χ1) is 16.2. The maximum Gasteiger partial charge on any atom is 0.308 e. The Bertz CT molecular complexity index is 1200. The Morgan fingerprint density at radius 3 is 2.35 bits per heavy atom. The molecule has 1 heterocycles. The van der Waals surface area contributed by atoms with Crippen LogP contribution >= 0.6 is 23.4 Å². The second kappa shape index (κ2) is 11.7. The summed E-state index contributed by atoms with van der Waals surface area (Å²) in [7, 11) is 3.67. The molecule has 0 bridgehead atoms. The number of aromatic nitrogens is 2. The van der Waals surface area contributed by atoms with Gasteiger partial charge in [0, 0.05) is 42.9 Å². The van der Waals surface area contributed by atoms with E-state index in [1.54, 1.807) is 23.1 Å². The molecule has 0 saturated heterocycles. The van der Waals surface area contributed by atoms with E-state index < -0.39 is 5.97 Å². The highest BCUT2D eigenvalue weighted by Gasteiger charge is 2.18. The number of hydrogen-bond donors (Lipinski definition) is 2. The van der Waals surface area contributed by atoms with Gasteiger partial charge in [-0.25, -0.2) is 9.97 Å². The van der Waals surface area contributed by atoms with Gasteiger partial charge < -0.3 is 15.3 Å². The van der Waals surface area contributed by atoms with Gasteiger partial charge in [-0.15, -0.1) is 11.8 Å². The molecule has 0 aliphatic heterocycles. The molecule has 0 fully saturated rings. The number of benzene rings is 2. The molecule has 2 N–H and O–H groups in total. The zero-order valence-electron chi connectivity index (χ0n) is 19.1. The monoisotopic (exact) mass is 496 g/mol. The van der Waals surface area contributed by atoms with Gasteiger partial charge in [-0.2, -0.15) is 0 Å². The summed E-state index contributed by atoms with van der Waals surface area (Å²) in [5.74, 6) is 0.0497. The maximum absolute atomic E-state index is 12.2. The van der Waals surface area contributed by atoms with Crippen LogP contribution in [0.3, 0.4) is 0 Å². The predicted molar refractivity (Wildman–Crippen MR) is 138 cm³/mol. The quantitative estimate of drug-likeness (QED) is 0.250. The second-order valence-electron chi connectivity index (χ2n) is 7.66. The van der Waals surface area contributed by atoms with Gasteiger partial charge in [0.1, 0.15) is 16.7 Å². The van der Waals surface area contributed by atoms with E-state index in [4.69, 9.17) is 11.6 Å². The Morgan fingerprint density at radius 1 is 1.09 bits per heavy atom. The van der Waals surface area contributed by atoms with Crippen molar-refractivity contribution in [1.82, 2.24) is 9.97 Å². The van der Waals surface area contributed by atoms with Crippen LogP contribution < -0.4 is 10.2 Å². The molecular weight excluding hydrogens is 472 g/mol. The van der Waals surface area contributed by atoms with Gasteiger partial charge in [0.2, 0.25) is 5.91 Å². The van der Waals surface area contributed by atoms with Gasteiger partial charge >= 0.3 is 5.97 Å². The molecule has 0 unspecified atom stereocenters. The highest BCUT2D eigenvalue weighted by molar-refractivity contribution is 7.98. The van der Waals surface area contributed by atoms with Crippen molar-refractivity contribution in [2.24, 2.45) is 0 Å². The molecule has 0 saturated carbocycles. The average molecular weight is 497 g/mol. The van der Waals surface area contributed by atoms with E-state index in [1.807, 2.05) is 56.7 Å². The number of carbonyl (C=O) groups excluding carboxylic acids is 1. The van der Waals surface area contributed by atoms with E-state index in [0.717, 1.165) is 11.1 Å². The zero-order chi connectivity index (χ0) is 24.7. The molecule has 9 heteroatoms. The molecule has 0 aliphatic carbocycles. The number of amides is 1. The largest absolute Gasteiger partial charge is 0.481 e. The van der Waals surface area contributed by atoms with E-state index in [-0.39, 0.29) is 12.3 Å². The van der Waals surface area contributed by atoms with Gasteiger partial charge in [0.25, 0.3) is 0 Å². The van der Waals surface area contributed by atoms with Crippen LogP contribution in [0, 0.1) is 0 Å². The molecule has 1 amide bonds. The predicted octanol–water partition coefficient (Wildman–Crippen LogP) is 4.79. The minimum atomic E-state index is -0.921. The summed E-state index contributed by atoms with van der Waals surface area (Å²) in [6, 6.07) is 14.7. The third-order valence-corrected chi connectivity index (χ3v) is 5.80. The summed E-state index contributed by atoms with van der Waals surface area (Å²) < 4.78 is 0. The molecule has 1 aromatic heterocycles. The summed E-state index contributed by atoms with van der Waals surface area (Å²) in [5, 5.41) is 13.4. The second-order valence-corrected chi connectivity index (χ2v) is 8.90. The number of rotatable bonds is 9. The lowest BCUT2D eigenvalue weighted by atomic mass is 10.1. The van der Waals surface area contributed by atoms with Crippen molar-refractivity contribution in [2.75, 3.05) is 30.6 Å². The molecule has 7 nitrogen and oxygen atoms in total. The number of thioether (sulfide) groups is 1. The van der Waals surface area contributed by atoms with Crippen LogP contribution in [0.4, 0.5) is 11.5 Å². The minimum absolute atomic E-state index is 0.134. The maximum atomic E-state index is 12.2. The van der Waals surface area contributed by atoms with Crippen molar-refractivity contribution in [1.29, 1.82) is 0 Å². The van der Waals surface area contributed by atoms with Crippen molar-refractivity contribution in [3.8, 4) is 0 Å². The molecule has 0 spiro atoms. The number of anilines is 2. The Balaban J connectivity index is 1.70. The molecule has 0 radical (unpaired) electrons. The van der Waals surface area contributed by atoms with Gasteiger partial charge in [-0.3, -0.25) is 9.59 Å². The summed E-state index contributed by atoms with van der Waals surface area (Å²) >= 11 is 7.28. The Hall–Kier alpha value is -3.36. The Kier molecular flexibility index (Phi) is 8.67. The average Bonchev–Trinajstić information content (AvgIpc) is 2.80. The van der Waals surface area contributed by atoms with E-state index in [1.165, 1.54) is 17.8 Å². The number of hydrogen-bond acceptors (Lipinski definition) is 6. The lowest BCUT2D eigenvalue weighted by Crippen LogP contribution is -2.18.